The molecule has 3 aromatic rings. The van der Waals surface area contributed by atoms with Crippen LogP contribution < -0.4 is 10.2 Å². The number of piperazine rings is 1. The minimum atomic E-state index is -0.600. The molecule has 11 heteroatoms. The van der Waals surface area contributed by atoms with Crippen LogP contribution in [0.5, 0.6) is 0 Å². The lowest BCUT2D eigenvalue weighted by molar-refractivity contribution is -0.384. The highest BCUT2D eigenvalue weighted by molar-refractivity contribution is 6.32. The normalized spacial score (nSPS) is 13.3. The van der Waals surface area contributed by atoms with Crippen molar-refractivity contribution in [1.82, 2.24) is 4.90 Å². The van der Waals surface area contributed by atoms with Crippen molar-refractivity contribution in [2.24, 2.45) is 0 Å². The highest BCUT2D eigenvalue weighted by Gasteiger charge is 2.24. The van der Waals surface area contributed by atoms with E-state index >= 15 is 0 Å². The molecule has 1 aliphatic heterocycles. The van der Waals surface area contributed by atoms with Gasteiger partial charge in [0, 0.05) is 43.9 Å². The number of carbonyl (C=O) groups is 3. The number of nitro groups is 1. The minimum absolute atomic E-state index is 0.00330. The third-order valence-electron chi connectivity index (χ3n) is 6.20. The van der Waals surface area contributed by atoms with Crippen LogP contribution >= 0.6 is 11.6 Å². The fraction of sp³-hybridized carbons (Fsp3) is 0.179. The fourth-order valence-electron chi connectivity index (χ4n) is 4.19. The van der Waals surface area contributed by atoms with Gasteiger partial charge in [0.2, 0.25) is 5.91 Å². The monoisotopic (exact) mass is 548 g/mol. The van der Waals surface area contributed by atoms with Gasteiger partial charge in [-0.3, -0.25) is 19.7 Å². The largest absolute Gasteiger partial charge is 0.465 e. The van der Waals surface area contributed by atoms with Crippen molar-refractivity contribution in [3.05, 3.63) is 105 Å². The quantitative estimate of drug-likeness (QED) is 0.197. The molecule has 1 fully saturated rings. The maximum atomic E-state index is 12.8. The van der Waals surface area contributed by atoms with Crippen molar-refractivity contribution in [2.75, 3.05) is 43.5 Å². The number of carbonyl (C=O) groups excluding carboxylic acids is 3. The lowest BCUT2D eigenvalue weighted by Crippen LogP contribution is -2.49. The molecule has 0 aliphatic carbocycles. The van der Waals surface area contributed by atoms with Crippen LogP contribution in [-0.4, -0.2) is 60.9 Å². The second kappa shape index (κ2) is 12.2. The summed E-state index contributed by atoms with van der Waals surface area (Å²) >= 11 is 5.85. The third kappa shape index (κ3) is 6.60. The summed E-state index contributed by atoms with van der Waals surface area (Å²) < 4.78 is 4.82. The Kier molecular flexibility index (Phi) is 8.57. The predicted octanol–water partition coefficient (Wildman–Crippen LogP) is 4.65. The highest BCUT2D eigenvalue weighted by atomic mass is 35.5. The van der Waals surface area contributed by atoms with Gasteiger partial charge in [-0.05, 0) is 48.0 Å². The van der Waals surface area contributed by atoms with Crippen LogP contribution in [0.3, 0.4) is 0 Å². The first-order valence-electron chi connectivity index (χ1n) is 12.0. The number of benzene rings is 3. The summed E-state index contributed by atoms with van der Waals surface area (Å²) in [5.74, 6) is -1.11. The topological polar surface area (TPSA) is 122 Å². The van der Waals surface area contributed by atoms with Crippen molar-refractivity contribution in [2.45, 2.75) is 0 Å². The third-order valence-corrected chi connectivity index (χ3v) is 6.52. The van der Waals surface area contributed by atoms with E-state index in [1.807, 2.05) is 23.1 Å². The van der Waals surface area contributed by atoms with Crippen LogP contribution in [0.2, 0.25) is 5.02 Å². The molecule has 0 spiro atoms. The minimum Gasteiger partial charge on any atom is -0.465 e. The molecule has 1 heterocycles. The number of amides is 2. The van der Waals surface area contributed by atoms with E-state index in [9.17, 15) is 24.5 Å². The molecule has 1 aliphatic rings. The molecule has 0 radical (unpaired) electrons. The van der Waals surface area contributed by atoms with Crippen molar-refractivity contribution in [1.29, 1.82) is 0 Å². The maximum Gasteiger partial charge on any atom is 0.337 e. The molecular weight excluding hydrogens is 524 g/mol. The molecule has 0 atom stereocenters. The van der Waals surface area contributed by atoms with Crippen LogP contribution in [0, 0.1) is 10.1 Å². The van der Waals surface area contributed by atoms with Crippen LogP contribution in [0.15, 0.2) is 72.8 Å². The molecule has 0 bridgehead atoms. The van der Waals surface area contributed by atoms with Gasteiger partial charge in [0.15, 0.2) is 0 Å². The van der Waals surface area contributed by atoms with E-state index in [4.69, 9.17) is 16.3 Å². The van der Waals surface area contributed by atoms with E-state index in [1.54, 1.807) is 35.2 Å². The van der Waals surface area contributed by atoms with E-state index in [-0.39, 0.29) is 22.2 Å². The Balaban J connectivity index is 1.51. The van der Waals surface area contributed by atoms with Crippen molar-refractivity contribution in [3.8, 4) is 0 Å². The summed E-state index contributed by atoms with van der Waals surface area (Å²) in [5.41, 5.74) is 2.10. The first-order chi connectivity index (χ1) is 18.8. The van der Waals surface area contributed by atoms with E-state index in [2.05, 4.69) is 5.32 Å². The van der Waals surface area contributed by atoms with E-state index < -0.39 is 16.8 Å². The number of hydrogen-bond donors (Lipinski definition) is 1. The Morgan fingerprint density at radius 3 is 2.36 bits per heavy atom. The molecular formula is C28H25ClN4O6. The fourth-order valence-corrected chi connectivity index (χ4v) is 4.38. The number of hydrogen-bond acceptors (Lipinski definition) is 7. The molecule has 0 unspecified atom stereocenters. The molecule has 2 amide bonds. The molecule has 39 heavy (non-hydrogen) atoms. The lowest BCUT2D eigenvalue weighted by atomic mass is 10.1. The van der Waals surface area contributed by atoms with Gasteiger partial charge in [0.1, 0.15) is 5.02 Å². The summed E-state index contributed by atoms with van der Waals surface area (Å²) in [6, 6.07) is 18.1. The first kappa shape index (κ1) is 27.3. The number of nitrogens with one attached hydrogen (secondary N) is 1. The average Bonchev–Trinajstić information content (AvgIpc) is 2.96. The Morgan fingerprint density at radius 2 is 1.69 bits per heavy atom. The van der Waals surface area contributed by atoms with Gasteiger partial charge in [0.25, 0.3) is 11.6 Å². The molecule has 0 saturated carbocycles. The van der Waals surface area contributed by atoms with Gasteiger partial charge in [0.05, 0.1) is 29.0 Å². The van der Waals surface area contributed by atoms with Gasteiger partial charge < -0.3 is 19.9 Å². The van der Waals surface area contributed by atoms with Crippen LogP contribution in [-0.2, 0) is 9.53 Å². The molecule has 3 aromatic carbocycles. The summed E-state index contributed by atoms with van der Waals surface area (Å²) in [4.78, 5) is 52.1. The highest BCUT2D eigenvalue weighted by Crippen LogP contribution is 2.30. The van der Waals surface area contributed by atoms with E-state index in [0.717, 1.165) is 0 Å². The standard InChI is InChI=1S/C28H25ClN4O6/c1-39-28(36)21-9-11-24(31-13-15-32(16-14-31)27(35)20-5-3-2-4-6-20)23(18-21)30-26(34)12-8-19-7-10-22(29)25(17-19)33(37)38/h2-12,17-18H,13-16H2,1H3,(H,30,34)/b12-8+. The molecule has 10 nitrogen and oxygen atoms in total. The van der Waals surface area contributed by atoms with Gasteiger partial charge in [-0.25, -0.2) is 4.79 Å². The zero-order valence-corrected chi connectivity index (χ0v) is 21.8. The summed E-state index contributed by atoms with van der Waals surface area (Å²) in [5, 5.41) is 13.9. The Hall–Kier alpha value is -4.70. The second-order valence-electron chi connectivity index (χ2n) is 8.66. The smallest absolute Gasteiger partial charge is 0.337 e. The van der Waals surface area contributed by atoms with Gasteiger partial charge in [-0.1, -0.05) is 35.9 Å². The summed E-state index contributed by atoms with van der Waals surface area (Å²) in [6.45, 7) is 2.00. The zero-order valence-electron chi connectivity index (χ0n) is 21.0. The number of esters is 1. The first-order valence-corrected chi connectivity index (χ1v) is 12.4. The van der Waals surface area contributed by atoms with Crippen LogP contribution in [0.4, 0.5) is 17.1 Å². The zero-order chi connectivity index (χ0) is 27.9. The molecule has 200 valence electrons. The van der Waals surface area contributed by atoms with Crippen molar-refractivity contribution >= 4 is 52.5 Å². The number of ether oxygens (including phenoxy) is 1. The number of nitrogens with zero attached hydrogens (tertiary/aromatic N) is 3. The second-order valence-corrected chi connectivity index (χ2v) is 9.07. The molecule has 1 N–H and O–H groups in total. The predicted molar refractivity (Wildman–Crippen MR) is 148 cm³/mol. The number of methoxy groups -OCH3 is 1. The number of nitro benzene ring substituents is 1. The average molecular weight is 549 g/mol. The van der Waals surface area contributed by atoms with Gasteiger partial charge in [-0.2, -0.15) is 0 Å². The summed E-state index contributed by atoms with van der Waals surface area (Å²) in [7, 11) is 1.27. The summed E-state index contributed by atoms with van der Waals surface area (Å²) in [6.07, 6.45) is 2.66. The van der Waals surface area contributed by atoms with Crippen LogP contribution in [0.1, 0.15) is 26.3 Å². The Bertz CT molecular complexity index is 1440. The van der Waals surface area contributed by atoms with E-state index in [1.165, 1.54) is 37.5 Å². The molecule has 4 rings (SSSR count). The molecule has 0 aromatic heterocycles. The van der Waals surface area contributed by atoms with Gasteiger partial charge >= 0.3 is 5.97 Å². The van der Waals surface area contributed by atoms with Crippen LogP contribution in [0.25, 0.3) is 6.08 Å². The van der Waals surface area contributed by atoms with Crippen molar-refractivity contribution in [3.63, 3.8) is 0 Å². The molecule has 1 saturated heterocycles. The number of rotatable bonds is 7. The number of anilines is 2. The lowest BCUT2D eigenvalue weighted by Gasteiger charge is -2.37. The Labute approximate surface area is 229 Å². The number of halogens is 1. The van der Waals surface area contributed by atoms with E-state index in [0.29, 0.717) is 48.7 Å². The van der Waals surface area contributed by atoms with Crippen molar-refractivity contribution < 1.29 is 24.0 Å². The Morgan fingerprint density at radius 1 is 0.974 bits per heavy atom. The van der Waals surface area contributed by atoms with Gasteiger partial charge in [-0.15, -0.1) is 0 Å². The SMILES string of the molecule is COC(=O)c1ccc(N2CCN(C(=O)c3ccccc3)CC2)c(NC(=O)/C=C/c2ccc(Cl)c([N+](=O)[O-])c2)c1. The maximum absolute atomic E-state index is 12.8.